The maximum Gasteiger partial charge on any atom is 0.129 e. The number of hydrogen-bond acceptors (Lipinski definition) is 4. The van der Waals surface area contributed by atoms with Crippen LogP contribution < -0.4 is 5.73 Å². The van der Waals surface area contributed by atoms with Crippen molar-refractivity contribution in [2.24, 2.45) is 0 Å². The van der Waals surface area contributed by atoms with Crippen molar-refractivity contribution in [3.05, 3.63) is 47.7 Å². The zero-order valence-electron chi connectivity index (χ0n) is 8.51. The van der Waals surface area contributed by atoms with E-state index >= 15 is 0 Å². The van der Waals surface area contributed by atoms with E-state index in [4.69, 9.17) is 5.73 Å². The molecule has 2 rings (SSSR count). The Bertz CT molecular complexity index is 453. The van der Waals surface area contributed by atoms with Gasteiger partial charge >= 0.3 is 0 Å². The monoisotopic (exact) mass is 200 g/mol. The largest absolute Gasteiger partial charge is 0.383 e. The maximum absolute atomic E-state index is 5.70. The molecule has 0 fully saturated rings. The van der Waals surface area contributed by atoms with E-state index in [2.05, 4.69) is 15.0 Å². The van der Waals surface area contributed by atoms with Crippen molar-refractivity contribution < 1.29 is 0 Å². The third-order valence-corrected chi connectivity index (χ3v) is 2.30. The molecule has 2 aromatic rings. The average molecular weight is 200 g/mol. The van der Waals surface area contributed by atoms with Crippen LogP contribution in [0.15, 0.2) is 30.7 Å². The first kappa shape index (κ1) is 9.58. The first-order valence-electron chi connectivity index (χ1n) is 4.73. The van der Waals surface area contributed by atoms with Gasteiger partial charge in [-0.05, 0) is 19.1 Å². The summed E-state index contributed by atoms with van der Waals surface area (Å²) in [7, 11) is 0. The second-order valence-corrected chi connectivity index (χ2v) is 3.33. The van der Waals surface area contributed by atoms with Gasteiger partial charge in [-0.2, -0.15) is 0 Å². The van der Waals surface area contributed by atoms with Crippen LogP contribution >= 0.6 is 0 Å². The van der Waals surface area contributed by atoms with Crippen LogP contribution in [0.3, 0.4) is 0 Å². The smallest absolute Gasteiger partial charge is 0.129 e. The predicted molar refractivity (Wildman–Crippen MR) is 58.2 cm³/mol. The van der Waals surface area contributed by atoms with Gasteiger partial charge in [0.1, 0.15) is 12.1 Å². The highest BCUT2D eigenvalue weighted by Crippen LogP contribution is 2.12. The maximum atomic E-state index is 5.70. The van der Waals surface area contributed by atoms with Crippen LogP contribution in [-0.4, -0.2) is 15.0 Å². The van der Waals surface area contributed by atoms with Crippen LogP contribution in [0.5, 0.6) is 0 Å². The molecule has 0 amide bonds. The van der Waals surface area contributed by atoms with E-state index in [1.807, 2.05) is 25.1 Å². The van der Waals surface area contributed by atoms with E-state index in [-0.39, 0.29) is 0 Å². The molecule has 4 heteroatoms. The Morgan fingerprint density at radius 3 is 2.80 bits per heavy atom. The van der Waals surface area contributed by atoms with Crippen molar-refractivity contribution in [1.29, 1.82) is 0 Å². The number of hydrogen-bond donors (Lipinski definition) is 1. The first-order valence-corrected chi connectivity index (χ1v) is 4.73. The van der Waals surface area contributed by atoms with E-state index in [1.165, 1.54) is 6.33 Å². The summed E-state index contributed by atoms with van der Waals surface area (Å²) in [6, 6.07) is 5.82. The highest BCUT2D eigenvalue weighted by molar-refractivity contribution is 5.41. The summed E-state index contributed by atoms with van der Waals surface area (Å²) in [6.07, 6.45) is 3.95. The Kier molecular flexibility index (Phi) is 2.58. The molecule has 2 heterocycles. The van der Waals surface area contributed by atoms with Gasteiger partial charge in [0.15, 0.2) is 0 Å². The van der Waals surface area contributed by atoms with Crippen molar-refractivity contribution in [1.82, 2.24) is 15.0 Å². The molecule has 0 saturated heterocycles. The van der Waals surface area contributed by atoms with Gasteiger partial charge in [0, 0.05) is 23.9 Å². The molecule has 0 radical (unpaired) electrons. The summed E-state index contributed by atoms with van der Waals surface area (Å²) < 4.78 is 0. The molecule has 0 spiro atoms. The Hall–Kier alpha value is -1.97. The van der Waals surface area contributed by atoms with Gasteiger partial charge in [0.25, 0.3) is 0 Å². The predicted octanol–water partition coefficient (Wildman–Crippen LogP) is 1.35. The quantitative estimate of drug-likeness (QED) is 0.794. The van der Waals surface area contributed by atoms with E-state index in [0.717, 1.165) is 17.0 Å². The topological polar surface area (TPSA) is 64.7 Å². The van der Waals surface area contributed by atoms with Crippen molar-refractivity contribution >= 4 is 5.82 Å². The van der Waals surface area contributed by atoms with Crippen LogP contribution in [0.1, 0.15) is 17.0 Å². The number of nitrogen functional groups attached to an aromatic ring is 1. The van der Waals surface area contributed by atoms with Gasteiger partial charge in [-0.15, -0.1) is 0 Å². The molecular formula is C11H12N4. The van der Waals surface area contributed by atoms with Crippen LogP contribution in [-0.2, 0) is 6.42 Å². The second kappa shape index (κ2) is 4.04. The number of nitrogens with two attached hydrogens (primary N) is 1. The lowest BCUT2D eigenvalue weighted by Gasteiger charge is -2.05. The summed E-state index contributed by atoms with van der Waals surface area (Å²) in [5.74, 6) is 0.538. The summed E-state index contributed by atoms with van der Waals surface area (Å²) in [4.78, 5) is 12.4. The zero-order chi connectivity index (χ0) is 10.7. The minimum Gasteiger partial charge on any atom is -0.383 e. The lowest BCUT2D eigenvalue weighted by molar-refractivity contribution is 0.967. The molecule has 15 heavy (non-hydrogen) atoms. The van der Waals surface area contributed by atoms with Crippen LogP contribution in [0.4, 0.5) is 5.82 Å². The molecule has 0 aromatic carbocycles. The van der Waals surface area contributed by atoms with Gasteiger partial charge in [-0.25, -0.2) is 9.97 Å². The standard InChI is InChI=1S/C11H12N4/c1-8-10(14-7-15-11(8)12)6-9-4-2-3-5-13-9/h2-5,7H,6H2,1H3,(H2,12,14,15). The molecule has 0 aliphatic heterocycles. The molecule has 2 N–H and O–H groups in total. The van der Waals surface area contributed by atoms with Crippen molar-refractivity contribution in [2.75, 3.05) is 5.73 Å². The summed E-state index contributed by atoms with van der Waals surface area (Å²) in [5.41, 5.74) is 8.55. The fourth-order valence-electron chi connectivity index (χ4n) is 1.35. The van der Waals surface area contributed by atoms with E-state index in [1.54, 1.807) is 6.20 Å². The SMILES string of the molecule is Cc1c(N)ncnc1Cc1ccccn1. The average Bonchev–Trinajstić information content (AvgIpc) is 2.26. The van der Waals surface area contributed by atoms with Gasteiger partial charge in [0.05, 0.1) is 5.69 Å². The highest BCUT2D eigenvalue weighted by Gasteiger charge is 2.05. The summed E-state index contributed by atoms with van der Waals surface area (Å²) in [5, 5.41) is 0. The van der Waals surface area contributed by atoms with Crippen molar-refractivity contribution in [2.45, 2.75) is 13.3 Å². The van der Waals surface area contributed by atoms with Crippen LogP contribution in [0.2, 0.25) is 0 Å². The van der Waals surface area contributed by atoms with Gasteiger partial charge < -0.3 is 5.73 Å². The Morgan fingerprint density at radius 2 is 2.07 bits per heavy atom. The number of rotatable bonds is 2. The van der Waals surface area contributed by atoms with Crippen molar-refractivity contribution in [3.8, 4) is 0 Å². The fraction of sp³-hybridized carbons (Fsp3) is 0.182. The van der Waals surface area contributed by atoms with Gasteiger partial charge in [-0.3, -0.25) is 4.98 Å². The first-order chi connectivity index (χ1) is 7.27. The molecule has 4 nitrogen and oxygen atoms in total. The molecule has 76 valence electrons. The minimum atomic E-state index is 0.538. The number of anilines is 1. The lowest BCUT2D eigenvalue weighted by atomic mass is 10.1. The molecule has 0 aliphatic carbocycles. The van der Waals surface area contributed by atoms with E-state index in [9.17, 15) is 0 Å². The second-order valence-electron chi connectivity index (χ2n) is 3.33. The third-order valence-electron chi connectivity index (χ3n) is 2.30. The molecule has 0 bridgehead atoms. The number of aromatic nitrogens is 3. The van der Waals surface area contributed by atoms with E-state index in [0.29, 0.717) is 12.2 Å². The lowest BCUT2D eigenvalue weighted by Crippen LogP contribution is -2.03. The third kappa shape index (κ3) is 2.10. The van der Waals surface area contributed by atoms with E-state index < -0.39 is 0 Å². The molecular weight excluding hydrogens is 188 g/mol. The zero-order valence-corrected chi connectivity index (χ0v) is 8.51. The summed E-state index contributed by atoms with van der Waals surface area (Å²) in [6.45, 7) is 1.92. The molecule has 2 aromatic heterocycles. The Morgan fingerprint density at radius 1 is 1.20 bits per heavy atom. The van der Waals surface area contributed by atoms with Gasteiger partial charge in [0.2, 0.25) is 0 Å². The molecule has 0 unspecified atom stereocenters. The molecule has 0 saturated carbocycles. The number of nitrogens with zero attached hydrogens (tertiary/aromatic N) is 3. The van der Waals surface area contributed by atoms with Gasteiger partial charge in [-0.1, -0.05) is 6.07 Å². The fourth-order valence-corrected chi connectivity index (χ4v) is 1.35. The number of pyridine rings is 1. The highest BCUT2D eigenvalue weighted by atomic mass is 14.9. The minimum absolute atomic E-state index is 0.538. The summed E-state index contributed by atoms with van der Waals surface area (Å²) >= 11 is 0. The molecule has 0 aliphatic rings. The Labute approximate surface area is 88.2 Å². The van der Waals surface area contributed by atoms with Crippen LogP contribution in [0.25, 0.3) is 0 Å². The molecule has 0 atom stereocenters. The van der Waals surface area contributed by atoms with Crippen molar-refractivity contribution in [3.63, 3.8) is 0 Å². The van der Waals surface area contributed by atoms with Crippen LogP contribution in [0, 0.1) is 6.92 Å². The normalized spacial score (nSPS) is 10.2. The Balaban J connectivity index is 2.29.